The third-order valence-electron chi connectivity index (χ3n) is 5.97. The van der Waals surface area contributed by atoms with Gasteiger partial charge in [-0.15, -0.1) is 0 Å². The summed E-state index contributed by atoms with van der Waals surface area (Å²) in [6.07, 6.45) is 7.47. The summed E-state index contributed by atoms with van der Waals surface area (Å²) in [5, 5.41) is 1.11. The Balaban J connectivity index is 1.43. The number of aromatic nitrogens is 2. The number of fused-ring (bicyclic) bond motifs is 1. The molecule has 7 heteroatoms. The predicted molar refractivity (Wildman–Crippen MR) is 129 cm³/mol. The van der Waals surface area contributed by atoms with E-state index in [2.05, 4.69) is 50.8 Å². The van der Waals surface area contributed by atoms with E-state index in [0.717, 1.165) is 47.7 Å². The molecule has 1 aliphatic carbocycles. The second-order valence-corrected chi connectivity index (χ2v) is 10.5. The molecule has 5 rings (SSSR count). The zero-order valence-corrected chi connectivity index (χ0v) is 19.2. The summed E-state index contributed by atoms with van der Waals surface area (Å²) in [6.45, 7) is 0.795. The van der Waals surface area contributed by atoms with Crippen LogP contribution >= 0.6 is 0 Å². The molecule has 4 aromatic rings. The van der Waals surface area contributed by atoms with Gasteiger partial charge in [0.05, 0.1) is 17.5 Å². The van der Waals surface area contributed by atoms with E-state index in [4.69, 9.17) is 0 Å². The molecular weight excluding hydrogens is 434 g/mol. The molecule has 0 atom stereocenters. The molecule has 0 saturated heterocycles. The molecule has 6 nitrogen and oxygen atoms in total. The molecule has 2 heterocycles. The molecule has 1 N–H and O–H groups in total. The Morgan fingerprint density at radius 2 is 1.85 bits per heavy atom. The molecule has 2 aromatic heterocycles. The fourth-order valence-corrected chi connectivity index (χ4v) is 4.63. The first-order valence-electron chi connectivity index (χ1n) is 11.0. The van der Waals surface area contributed by atoms with Gasteiger partial charge in [-0.2, -0.15) is 0 Å². The molecule has 0 spiro atoms. The lowest BCUT2D eigenvalue weighted by Gasteiger charge is -2.11. The lowest BCUT2D eigenvalue weighted by atomic mass is 10.0. The van der Waals surface area contributed by atoms with Crippen molar-refractivity contribution >= 4 is 26.8 Å². The molecule has 0 bridgehead atoms. The van der Waals surface area contributed by atoms with Gasteiger partial charge < -0.3 is 4.57 Å². The largest absolute Gasteiger partial charge is 0.343 e. The molecular formula is C26H25N3O3S. The minimum atomic E-state index is -3.66. The van der Waals surface area contributed by atoms with Crippen LogP contribution in [0.3, 0.4) is 0 Å². The van der Waals surface area contributed by atoms with Gasteiger partial charge in [-0.1, -0.05) is 36.4 Å². The van der Waals surface area contributed by atoms with Crippen LogP contribution in [0, 0.1) is 0 Å². The fraction of sp³-hybridized carbons (Fsp3) is 0.231. The van der Waals surface area contributed by atoms with E-state index in [1.165, 1.54) is 5.56 Å². The summed E-state index contributed by atoms with van der Waals surface area (Å²) in [5.41, 5.74) is 5.27. The van der Waals surface area contributed by atoms with Gasteiger partial charge in [-0.3, -0.25) is 9.78 Å². The van der Waals surface area contributed by atoms with Crippen LogP contribution < -0.4 is 4.72 Å². The maximum atomic E-state index is 12.7. The maximum Gasteiger partial charge on any atom is 0.266 e. The van der Waals surface area contributed by atoms with Crippen LogP contribution in [0.5, 0.6) is 0 Å². The van der Waals surface area contributed by atoms with E-state index in [0.29, 0.717) is 23.6 Å². The van der Waals surface area contributed by atoms with Crippen LogP contribution in [0.15, 0.2) is 73.1 Å². The van der Waals surface area contributed by atoms with E-state index in [1.54, 1.807) is 6.07 Å². The Labute approximate surface area is 193 Å². The highest BCUT2D eigenvalue weighted by Gasteiger charge is 2.26. The SMILES string of the molecule is CS(=O)(=O)NC(=O)c1cc(C2CC2)cnc1Cc1ccc2c(ccn2Cc2ccccc2)c1. The molecule has 168 valence electrons. The Kier molecular flexibility index (Phi) is 5.50. The number of carbonyl (C=O) groups excluding carboxylic acids is 1. The highest BCUT2D eigenvalue weighted by molar-refractivity contribution is 7.89. The number of amides is 1. The number of hydrogen-bond donors (Lipinski definition) is 1. The molecule has 1 amide bonds. The number of carbonyl (C=O) groups is 1. The summed E-state index contributed by atoms with van der Waals surface area (Å²) in [6, 6.07) is 20.4. The van der Waals surface area contributed by atoms with Crippen molar-refractivity contribution in [1.29, 1.82) is 0 Å². The average Bonchev–Trinajstić information content (AvgIpc) is 3.56. The molecule has 0 unspecified atom stereocenters. The van der Waals surface area contributed by atoms with Gasteiger partial charge in [-0.25, -0.2) is 13.1 Å². The van der Waals surface area contributed by atoms with Gasteiger partial charge in [-0.05, 0) is 65.1 Å². The normalized spacial score (nSPS) is 13.8. The Morgan fingerprint density at radius 3 is 2.58 bits per heavy atom. The minimum Gasteiger partial charge on any atom is -0.343 e. The molecule has 33 heavy (non-hydrogen) atoms. The highest BCUT2D eigenvalue weighted by atomic mass is 32.2. The summed E-state index contributed by atoms with van der Waals surface area (Å²) in [7, 11) is -3.66. The van der Waals surface area contributed by atoms with Crippen molar-refractivity contribution < 1.29 is 13.2 Å². The quantitative estimate of drug-likeness (QED) is 0.448. The first kappa shape index (κ1) is 21.4. The first-order chi connectivity index (χ1) is 15.9. The van der Waals surface area contributed by atoms with Crippen molar-refractivity contribution in [3.63, 3.8) is 0 Å². The highest BCUT2D eigenvalue weighted by Crippen LogP contribution is 2.40. The zero-order valence-electron chi connectivity index (χ0n) is 18.4. The average molecular weight is 460 g/mol. The van der Waals surface area contributed by atoms with Crippen LogP contribution in [0.4, 0.5) is 0 Å². The monoisotopic (exact) mass is 459 g/mol. The Hall–Kier alpha value is -3.45. The van der Waals surface area contributed by atoms with E-state index in [9.17, 15) is 13.2 Å². The van der Waals surface area contributed by atoms with Gasteiger partial charge in [0.15, 0.2) is 0 Å². The molecule has 0 aliphatic heterocycles. The van der Waals surface area contributed by atoms with Crippen LogP contribution in [-0.2, 0) is 23.0 Å². The number of nitrogens with zero attached hydrogens (tertiary/aromatic N) is 2. The summed E-state index contributed by atoms with van der Waals surface area (Å²) >= 11 is 0. The number of sulfonamides is 1. The first-order valence-corrected chi connectivity index (χ1v) is 12.9. The standard InChI is InChI=1S/C26H25N3O3S/c1-33(31,32)28-26(30)23-15-22(20-8-9-20)16-27-24(23)14-19-7-10-25-21(13-19)11-12-29(25)17-18-5-3-2-4-6-18/h2-7,10-13,15-16,20H,8-9,14,17H2,1H3,(H,28,30). The molecule has 0 radical (unpaired) electrons. The van der Waals surface area contributed by atoms with Crippen LogP contribution in [0.1, 0.15) is 51.5 Å². The van der Waals surface area contributed by atoms with Crippen molar-refractivity contribution in [3.8, 4) is 0 Å². The summed E-state index contributed by atoms with van der Waals surface area (Å²) in [4.78, 5) is 17.3. The smallest absolute Gasteiger partial charge is 0.266 e. The van der Waals surface area contributed by atoms with Crippen molar-refractivity contribution in [3.05, 3.63) is 101 Å². The minimum absolute atomic E-state index is 0.326. The molecule has 1 aliphatic rings. The van der Waals surface area contributed by atoms with Crippen LogP contribution in [-0.4, -0.2) is 30.1 Å². The molecule has 2 aromatic carbocycles. The van der Waals surface area contributed by atoms with E-state index < -0.39 is 15.9 Å². The number of pyridine rings is 1. The van der Waals surface area contributed by atoms with E-state index in [1.807, 2.05) is 30.5 Å². The lowest BCUT2D eigenvalue weighted by molar-refractivity contribution is 0.0980. The number of hydrogen-bond acceptors (Lipinski definition) is 4. The zero-order chi connectivity index (χ0) is 23.0. The van der Waals surface area contributed by atoms with Gasteiger partial charge in [0, 0.05) is 30.9 Å². The second kappa shape index (κ2) is 8.48. The third-order valence-corrected chi connectivity index (χ3v) is 6.52. The topological polar surface area (TPSA) is 81.1 Å². The van der Waals surface area contributed by atoms with Gasteiger partial charge in [0.1, 0.15) is 0 Å². The van der Waals surface area contributed by atoms with Crippen molar-refractivity contribution in [2.45, 2.75) is 31.7 Å². The van der Waals surface area contributed by atoms with Crippen molar-refractivity contribution in [2.24, 2.45) is 0 Å². The van der Waals surface area contributed by atoms with Gasteiger partial charge >= 0.3 is 0 Å². The van der Waals surface area contributed by atoms with Gasteiger partial charge in [0.25, 0.3) is 5.91 Å². The maximum absolute atomic E-state index is 12.7. The van der Waals surface area contributed by atoms with Crippen LogP contribution in [0.25, 0.3) is 10.9 Å². The van der Waals surface area contributed by atoms with Gasteiger partial charge in [0.2, 0.25) is 10.0 Å². The number of rotatable bonds is 7. The summed E-state index contributed by atoms with van der Waals surface area (Å²) in [5.74, 6) is -0.213. The van der Waals surface area contributed by atoms with Crippen LogP contribution in [0.2, 0.25) is 0 Å². The third kappa shape index (κ3) is 4.98. The fourth-order valence-electron chi connectivity index (χ4n) is 4.18. The van der Waals surface area contributed by atoms with Crippen molar-refractivity contribution in [1.82, 2.24) is 14.3 Å². The molecule has 1 saturated carbocycles. The Morgan fingerprint density at radius 1 is 1.06 bits per heavy atom. The predicted octanol–water partition coefficient (Wildman–Crippen LogP) is 4.24. The molecule has 1 fully saturated rings. The van der Waals surface area contributed by atoms with Crippen molar-refractivity contribution in [2.75, 3.05) is 6.26 Å². The van der Waals surface area contributed by atoms with E-state index in [-0.39, 0.29) is 0 Å². The summed E-state index contributed by atoms with van der Waals surface area (Å²) < 4.78 is 27.6. The number of benzene rings is 2. The van der Waals surface area contributed by atoms with E-state index >= 15 is 0 Å². The Bertz CT molecular complexity index is 1440. The number of nitrogens with one attached hydrogen (secondary N) is 1. The second-order valence-electron chi connectivity index (χ2n) is 8.74. The lowest BCUT2D eigenvalue weighted by Crippen LogP contribution is -2.30.